The smallest absolute Gasteiger partial charge is 0.131 e. The SMILES string of the molecule is CCN(CC(O)c1ccc(F)cc1F)c1ccccc1C. The molecule has 21 heavy (non-hydrogen) atoms. The Labute approximate surface area is 123 Å². The van der Waals surface area contributed by atoms with Gasteiger partial charge in [0.2, 0.25) is 0 Å². The fraction of sp³-hybridized carbons (Fsp3) is 0.294. The largest absolute Gasteiger partial charge is 0.386 e. The quantitative estimate of drug-likeness (QED) is 0.905. The first-order chi connectivity index (χ1) is 10.0. The van der Waals surface area contributed by atoms with Crippen LogP contribution in [0.1, 0.15) is 24.2 Å². The number of hydrogen-bond donors (Lipinski definition) is 1. The molecule has 0 aliphatic heterocycles. The van der Waals surface area contributed by atoms with Crippen LogP contribution in [-0.4, -0.2) is 18.2 Å². The van der Waals surface area contributed by atoms with Gasteiger partial charge >= 0.3 is 0 Å². The van der Waals surface area contributed by atoms with Crippen molar-refractivity contribution in [2.24, 2.45) is 0 Å². The van der Waals surface area contributed by atoms with Gasteiger partial charge in [-0.25, -0.2) is 8.78 Å². The Morgan fingerprint density at radius 2 is 1.86 bits per heavy atom. The monoisotopic (exact) mass is 291 g/mol. The molecule has 0 heterocycles. The summed E-state index contributed by atoms with van der Waals surface area (Å²) in [5.74, 6) is -1.36. The van der Waals surface area contributed by atoms with E-state index in [2.05, 4.69) is 0 Å². The summed E-state index contributed by atoms with van der Waals surface area (Å²) in [4.78, 5) is 1.97. The maximum Gasteiger partial charge on any atom is 0.131 e. The van der Waals surface area contributed by atoms with Gasteiger partial charge in [-0.1, -0.05) is 24.3 Å². The second-order valence-corrected chi connectivity index (χ2v) is 5.01. The fourth-order valence-corrected chi connectivity index (χ4v) is 2.39. The third kappa shape index (κ3) is 3.58. The minimum absolute atomic E-state index is 0.114. The average Bonchev–Trinajstić information content (AvgIpc) is 2.45. The molecule has 0 saturated carbocycles. The number of hydrogen-bond acceptors (Lipinski definition) is 2. The van der Waals surface area contributed by atoms with Crippen molar-refractivity contribution in [2.45, 2.75) is 20.0 Å². The predicted molar refractivity (Wildman–Crippen MR) is 80.4 cm³/mol. The van der Waals surface area contributed by atoms with Gasteiger partial charge in [-0.15, -0.1) is 0 Å². The zero-order chi connectivity index (χ0) is 15.4. The van der Waals surface area contributed by atoms with E-state index < -0.39 is 17.7 Å². The molecule has 0 aromatic heterocycles. The number of aliphatic hydroxyl groups is 1. The molecule has 0 saturated heterocycles. The van der Waals surface area contributed by atoms with Gasteiger partial charge in [-0.3, -0.25) is 0 Å². The Bertz CT molecular complexity index is 615. The fourth-order valence-electron chi connectivity index (χ4n) is 2.39. The van der Waals surface area contributed by atoms with E-state index in [1.807, 2.05) is 43.0 Å². The minimum atomic E-state index is -1.01. The lowest BCUT2D eigenvalue weighted by Gasteiger charge is -2.27. The van der Waals surface area contributed by atoms with Crippen LogP contribution < -0.4 is 4.90 Å². The van der Waals surface area contributed by atoms with Crippen molar-refractivity contribution < 1.29 is 13.9 Å². The number of nitrogens with zero attached hydrogens (tertiary/aromatic N) is 1. The molecule has 1 unspecified atom stereocenters. The van der Waals surface area contributed by atoms with Crippen LogP contribution in [0.2, 0.25) is 0 Å². The van der Waals surface area contributed by atoms with Gasteiger partial charge in [0.05, 0.1) is 6.10 Å². The Kier molecular flexibility index (Phi) is 4.91. The van der Waals surface area contributed by atoms with E-state index in [1.54, 1.807) is 0 Å². The summed E-state index contributed by atoms with van der Waals surface area (Å²) in [7, 11) is 0. The average molecular weight is 291 g/mol. The van der Waals surface area contributed by atoms with Crippen molar-refractivity contribution in [3.63, 3.8) is 0 Å². The van der Waals surface area contributed by atoms with Crippen molar-refractivity contribution in [3.8, 4) is 0 Å². The summed E-state index contributed by atoms with van der Waals surface area (Å²) in [6.45, 7) is 4.90. The van der Waals surface area contributed by atoms with Crippen LogP contribution in [0.5, 0.6) is 0 Å². The molecular formula is C17H19F2NO. The number of rotatable bonds is 5. The molecule has 0 radical (unpaired) electrons. The molecule has 2 nitrogen and oxygen atoms in total. The highest BCUT2D eigenvalue weighted by Gasteiger charge is 2.17. The lowest BCUT2D eigenvalue weighted by atomic mass is 10.1. The third-order valence-corrected chi connectivity index (χ3v) is 3.55. The molecule has 0 aliphatic carbocycles. The van der Waals surface area contributed by atoms with E-state index in [-0.39, 0.29) is 12.1 Å². The van der Waals surface area contributed by atoms with E-state index in [0.717, 1.165) is 23.4 Å². The first-order valence-corrected chi connectivity index (χ1v) is 6.96. The summed E-state index contributed by atoms with van der Waals surface area (Å²) in [6.07, 6.45) is -1.01. The van der Waals surface area contributed by atoms with Crippen LogP contribution >= 0.6 is 0 Å². The maximum absolute atomic E-state index is 13.7. The second kappa shape index (κ2) is 6.68. The molecule has 4 heteroatoms. The molecule has 0 spiro atoms. The first-order valence-electron chi connectivity index (χ1n) is 6.96. The van der Waals surface area contributed by atoms with E-state index in [4.69, 9.17) is 0 Å². The zero-order valence-corrected chi connectivity index (χ0v) is 12.2. The molecule has 0 amide bonds. The van der Waals surface area contributed by atoms with Crippen LogP contribution in [0.25, 0.3) is 0 Å². The van der Waals surface area contributed by atoms with Crippen molar-refractivity contribution in [1.29, 1.82) is 0 Å². The Balaban J connectivity index is 2.20. The Morgan fingerprint density at radius 3 is 2.48 bits per heavy atom. The molecule has 2 aromatic carbocycles. The van der Waals surface area contributed by atoms with E-state index in [0.29, 0.717) is 6.54 Å². The van der Waals surface area contributed by atoms with Crippen molar-refractivity contribution in [1.82, 2.24) is 0 Å². The zero-order valence-electron chi connectivity index (χ0n) is 12.2. The summed E-state index contributed by atoms with van der Waals surface area (Å²) < 4.78 is 26.6. The number of benzene rings is 2. The van der Waals surface area contributed by atoms with Crippen LogP contribution in [0.3, 0.4) is 0 Å². The molecule has 112 valence electrons. The molecule has 1 atom stereocenters. The van der Waals surface area contributed by atoms with Gasteiger partial charge in [0, 0.05) is 30.4 Å². The normalized spacial score (nSPS) is 12.2. The molecular weight excluding hydrogens is 272 g/mol. The summed E-state index contributed by atoms with van der Waals surface area (Å²) in [5.41, 5.74) is 2.20. The maximum atomic E-state index is 13.7. The number of para-hydroxylation sites is 1. The van der Waals surface area contributed by atoms with E-state index in [9.17, 15) is 13.9 Å². The van der Waals surface area contributed by atoms with Gasteiger partial charge < -0.3 is 10.0 Å². The minimum Gasteiger partial charge on any atom is -0.386 e. The predicted octanol–water partition coefficient (Wildman–Crippen LogP) is 3.83. The van der Waals surface area contributed by atoms with Gasteiger partial charge in [-0.2, -0.15) is 0 Å². The number of aryl methyl sites for hydroxylation is 1. The van der Waals surface area contributed by atoms with Gasteiger partial charge in [0.1, 0.15) is 11.6 Å². The summed E-state index contributed by atoms with van der Waals surface area (Å²) in [6, 6.07) is 11.1. The number of aliphatic hydroxyl groups excluding tert-OH is 1. The molecule has 1 N–H and O–H groups in total. The van der Waals surface area contributed by atoms with Crippen LogP contribution in [0, 0.1) is 18.6 Å². The summed E-state index contributed by atoms with van der Waals surface area (Å²) >= 11 is 0. The number of halogens is 2. The van der Waals surface area contributed by atoms with Gasteiger partial charge in [0.15, 0.2) is 0 Å². The van der Waals surface area contributed by atoms with Gasteiger partial charge in [-0.05, 0) is 31.5 Å². The lowest BCUT2D eigenvalue weighted by Crippen LogP contribution is -2.29. The Morgan fingerprint density at radius 1 is 1.14 bits per heavy atom. The van der Waals surface area contributed by atoms with Crippen molar-refractivity contribution in [2.75, 3.05) is 18.0 Å². The van der Waals surface area contributed by atoms with Crippen LogP contribution in [0.4, 0.5) is 14.5 Å². The number of anilines is 1. The highest BCUT2D eigenvalue weighted by molar-refractivity contribution is 5.53. The van der Waals surface area contributed by atoms with Crippen molar-refractivity contribution in [3.05, 3.63) is 65.2 Å². The second-order valence-electron chi connectivity index (χ2n) is 5.01. The third-order valence-electron chi connectivity index (χ3n) is 3.55. The number of likely N-dealkylation sites (N-methyl/N-ethyl adjacent to an activating group) is 1. The first kappa shape index (κ1) is 15.4. The molecule has 2 rings (SSSR count). The highest BCUT2D eigenvalue weighted by Crippen LogP contribution is 2.24. The molecule has 0 aliphatic rings. The Hall–Kier alpha value is -1.94. The van der Waals surface area contributed by atoms with Crippen molar-refractivity contribution >= 4 is 5.69 Å². The van der Waals surface area contributed by atoms with E-state index >= 15 is 0 Å². The summed E-state index contributed by atoms with van der Waals surface area (Å²) in [5, 5.41) is 10.2. The molecule has 0 fully saturated rings. The lowest BCUT2D eigenvalue weighted by molar-refractivity contribution is 0.178. The molecule has 0 bridgehead atoms. The van der Waals surface area contributed by atoms with Gasteiger partial charge in [0.25, 0.3) is 0 Å². The van der Waals surface area contributed by atoms with Crippen LogP contribution in [-0.2, 0) is 0 Å². The standard InChI is InChI=1S/C17H19F2NO/c1-3-20(16-7-5-4-6-12(16)2)11-17(21)14-9-8-13(18)10-15(14)19/h4-10,17,21H,3,11H2,1-2H3. The van der Waals surface area contributed by atoms with E-state index in [1.165, 1.54) is 6.07 Å². The topological polar surface area (TPSA) is 23.5 Å². The molecule has 2 aromatic rings. The van der Waals surface area contributed by atoms with Crippen LogP contribution in [0.15, 0.2) is 42.5 Å². The highest BCUT2D eigenvalue weighted by atomic mass is 19.1.